The Morgan fingerprint density at radius 1 is 1.00 bits per heavy atom. The molecule has 6 rings (SSSR count). The highest BCUT2D eigenvalue weighted by molar-refractivity contribution is 7.92. The van der Waals surface area contributed by atoms with Crippen LogP contribution in [0.5, 0.6) is 0 Å². The van der Waals surface area contributed by atoms with E-state index in [0.717, 1.165) is 21.0 Å². The van der Waals surface area contributed by atoms with Gasteiger partial charge in [-0.25, -0.2) is 23.2 Å². The van der Waals surface area contributed by atoms with E-state index in [4.69, 9.17) is 32.9 Å². The Bertz CT molecular complexity index is 2220. The Kier molecular flexibility index (Phi) is 9.96. The third-order valence-electron chi connectivity index (χ3n) is 7.63. The van der Waals surface area contributed by atoms with Crippen molar-refractivity contribution in [3.63, 3.8) is 0 Å². The zero-order valence-electron chi connectivity index (χ0n) is 26.7. The average molecular weight is 735 g/mol. The molecule has 5 aromatic rings. The molecule has 1 aliphatic rings. The van der Waals surface area contributed by atoms with Crippen molar-refractivity contribution in [1.29, 1.82) is 0 Å². The first kappa shape index (κ1) is 34.7. The summed E-state index contributed by atoms with van der Waals surface area (Å²) in [5.41, 5.74) is 4.97. The SMILES string of the molecule is CC(C)OC(=O)Nc1cc(-c2ccc(C=Cc3nc(-c4ccc(Cl)cc4Cl)cn3Cc3ccc(N4CC(=O)NS4(=O)=O)cc3)cc2)ccc1F. The first-order valence-corrected chi connectivity index (χ1v) is 17.5. The molecule has 0 aliphatic carbocycles. The zero-order valence-corrected chi connectivity index (χ0v) is 29.1. The largest absolute Gasteiger partial charge is 0.447 e. The second-order valence-electron chi connectivity index (χ2n) is 11.7. The van der Waals surface area contributed by atoms with E-state index in [9.17, 15) is 22.4 Å². The molecular formula is C36H30Cl2FN5O5S. The van der Waals surface area contributed by atoms with Crippen LogP contribution in [0.2, 0.25) is 10.0 Å². The van der Waals surface area contributed by atoms with Gasteiger partial charge in [-0.05, 0) is 84.6 Å². The van der Waals surface area contributed by atoms with E-state index in [1.54, 1.807) is 68.4 Å². The maximum Gasteiger partial charge on any atom is 0.411 e. The fraction of sp³-hybridized carbons (Fsp3) is 0.139. The summed E-state index contributed by atoms with van der Waals surface area (Å²) in [5.74, 6) is -0.541. The van der Waals surface area contributed by atoms with Crippen LogP contribution >= 0.6 is 23.2 Å². The lowest BCUT2D eigenvalue weighted by Crippen LogP contribution is -2.29. The van der Waals surface area contributed by atoms with Gasteiger partial charge in [-0.3, -0.25) is 10.1 Å². The third-order valence-corrected chi connectivity index (χ3v) is 9.58. The van der Waals surface area contributed by atoms with Crippen LogP contribution in [0, 0.1) is 5.82 Å². The Labute approximate surface area is 298 Å². The highest BCUT2D eigenvalue weighted by Crippen LogP contribution is 2.31. The van der Waals surface area contributed by atoms with Crippen molar-refractivity contribution in [3.8, 4) is 22.4 Å². The molecule has 0 spiro atoms. The highest BCUT2D eigenvalue weighted by Gasteiger charge is 2.33. The number of nitrogens with zero attached hydrogens (tertiary/aromatic N) is 3. The number of carbonyl (C=O) groups is 2. The van der Waals surface area contributed by atoms with Gasteiger partial charge < -0.3 is 9.30 Å². The standard InChI is InChI=1S/C36H30Cl2FN5O5S/c1-22(2)49-36(46)41-32-17-26(10-15-31(32)39)25-8-3-23(4-9-25)7-16-34-40-33(29-14-11-27(37)18-30(29)38)20-43(34)19-24-5-12-28(13-6-24)44-21-35(45)42-50(44,47)48/h3-18,20,22H,19,21H2,1-2H3,(H,41,46)(H,42,45). The van der Waals surface area contributed by atoms with Crippen molar-refractivity contribution in [1.82, 2.24) is 14.3 Å². The number of carbonyl (C=O) groups excluding carboxylic acids is 2. The number of amides is 2. The van der Waals surface area contributed by atoms with Gasteiger partial charge in [0, 0.05) is 23.3 Å². The first-order valence-electron chi connectivity index (χ1n) is 15.4. The summed E-state index contributed by atoms with van der Waals surface area (Å²) in [6.45, 7) is 3.53. The average Bonchev–Trinajstić information content (AvgIpc) is 3.58. The lowest BCUT2D eigenvalue weighted by atomic mass is 10.0. The number of aromatic nitrogens is 2. The monoisotopic (exact) mass is 733 g/mol. The lowest BCUT2D eigenvalue weighted by Gasteiger charge is -2.15. The van der Waals surface area contributed by atoms with Crippen molar-refractivity contribution < 1.29 is 27.1 Å². The molecule has 0 unspecified atom stereocenters. The molecule has 0 radical (unpaired) electrons. The van der Waals surface area contributed by atoms with Crippen molar-refractivity contribution in [3.05, 3.63) is 124 Å². The Morgan fingerprint density at radius 3 is 2.38 bits per heavy atom. The second-order valence-corrected chi connectivity index (χ2v) is 14.1. The molecular weight excluding hydrogens is 704 g/mol. The molecule has 2 amide bonds. The summed E-state index contributed by atoms with van der Waals surface area (Å²) < 4.78 is 49.0. The number of hydrogen-bond acceptors (Lipinski definition) is 6. The van der Waals surface area contributed by atoms with Crippen LogP contribution in [0.15, 0.2) is 91.1 Å². The summed E-state index contributed by atoms with van der Waals surface area (Å²) in [7, 11) is -3.91. The molecule has 1 aliphatic heterocycles. The van der Waals surface area contributed by atoms with Gasteiger partial charge in [0.25, 0.3) is 5.91 Å². The minimum absolute atomic E-state index is 0.0170. The number of hydrogen-bond donors (Lipinski definition) is 2. The molecule has 2 N–H and O–H groups in total. The van der Waals surface area contributed by atoms with Gasteiger partial charge in [-0.15, -0.1) is 0 Å². The molecule has 0 bridgehead atoms. The van der Waals surface area contributed by atoms with E-state index in [1.165, 1.54) is 6.07 Å². The number of rotatable bonds is 9. The van der Waals surface area contributed by atoms with Crippen LogP contribution in [-0.4, -0.2) is 42.6 Å². The Hall–Kier alpha value is -5.17. The predicted octanol–water partition coefficient (Wildman–Crippen LogP) is 8.02. The molecule has 14 heteroatoms. The summed E-state index contributed by atoms with van der Waals surface area (Å²) in [5, 5.41) is 3.40. The van der Waals surface area contributed by atoms with Crippen LogP contribution in [0.25, 0.3) is 34.5 Å². The minimum atomic E-state index is -3.91. The number of ether oxygens (including phenoxy) is 1. The summed E-state index contributed by atoms with van der Waals surface area (Å²) in [6.07, 6.45) is 4.56. The van der Waals surface area contributed by atoms with Crippen molar-refractivity contribution >= 4 is 68.9 Å². The molecule has 256 valence electrons. The van der Waals surface area contributed by atoms with Gasteiger partial charge >= 0.3 is 16.3 Å². The van der Waals surface area contributed by atoms with Crippen LogP contribution in [0.1, 0.15) is 30.8 Å². The lowest BCUT2D eigenvalue weighted by molar-refractivity contribution is -0.117. The smallest absolute Gasteiger partial charge is 0.411 e. The van der Waals surface area contributed by atoms with E-state index in [-0.39, 0.29) is 18.3 Å². The maximum atomic E-state index is 14.4. The molecule has 0 saturated carbocycles. The molecule has 1 saturated heterocycles. The second kappa shape index (κ2) is 14.4. The summed E-state index contributed by atoms with van der Waals surface area (Å²) in [4.78, 5) is 28.6. The van der Waals surface area contributed by atoms with E-state index in [2.05, 4.69) is 5.32 Å². The van der Waals surface area contributed by atoms with Gasteiger partial charge in [0.05, 0.1) is 28.2 Å². The van der Waals surface area contributed by atoms with Crippen molar-refractivity contribution in [2.45, 2.75) is 26.5 Å². The molecule has 50 heavy (non-hydrogen) atoms. The molecule has 1 aromatic heterocycles. The molecule has 2 heterocycles. The molecule has 4 aromatic carbocycles. The van der Waals surface area contributed by atoms with E-state index < -0.39 is 28.0 Å². The zero-order chi connectivity index (χ0) is 35.6. The quantitative estimate of drug-likeness (QED) is 0.158. The number of imidazole rings is 1. The van der Waals surface area contributed by atoms with Gasteiger partial charge in [0.1, 0.15) is 18.2 Å². The van der Waals surface area contributed by atoms with Gasteiger partial charge in [0.15, 0.2) is 0 Å². The Balaban J connectivity index is 1.25. The van der Waals surface area contributed by atoms with Crippen LogP contribution in [0.4, 0.5) is 20.6 Å². The van der Waals surface area contributed by atoms with Gasteiger partial charge in [-0.1, -0.05) is 71.7 Å². The van der Waals surface area contributed by atoms with E-state index >= 15 is 0 Å². The number of benzene rings is 4. The number of anilines is 2. The van der Waals surface area contributed by atoms with E-state index in [1.807, 2.05) is 51.9 Å². The topological polar surface area (TPSA) is 123 Å². The van der Waals surface area contributed by atoms with Crippen LogP contribution < -0.4 is 14.3 Å². The summed E-state index contributed by atoms with van der Waals surface area (Å²) in [6, 6.07) is 24.1. The minimum Gasteiger partial charge on any atom is -0.447 e. The first-order chi connectivity index (χ1) is 23.8. The van der Waals surface area contributed by atoms with Gasteiger partial charge in [-0.2, -0.15) is 8.42 Å². The van der Waals surface area contributed by atoms with Crippen molar-refractivity contribution in [2.24, 2.45) is 0 Å². The molecule has 10 nitrogen and oxygen atoms in total. The maximum absolute atomic E-state index is 14.4. The highest BCUT2D eigenvalue weighted by atomic mass is 35.5. The summed E-state index contributed by atoms with van der Waals surface area (Å²) >= 11 is 12.6. The number of halogens is 3. The fourth-order valence-electron chi connectivity index (χ4n) is 5.27. The number of nitrogens with one attached hydrogen (secondary N) is 2. The van der Waals surface area contributed by atoms with Crippen molar-refractivity contribution in [2.75, 3.05) is 16.2 Å². The van der Waals surface area contributed by atoms with Crippen LogP contribution in [-0.2, 0) is 26.3 Å². The molecule has 1 fully saturated rings. The third kappa shape index (κ3) is 7.99. The van der Waals surface area contributed by atoms with Gasteiger partial charge in [0.2, 0.25) is 0 Å². The fourth-order valence-corrected chi connectivity index (χ4v) is 6.92. The Morgan fingerprint density at radius 2 is 1.72 bits per heavy atom. The predicted molar refractivity (Wildman–Crippen MR) is 194 cm³/mol. The van der Waals surface area contributed by atoms with E-state index in [0.29, 0.717) is 44.9 Å². The normalized spacial score (nSPS) is 14.0. The van der Waals surface area contributed by atoms with Crippen LogP contribution in [0.3, 0.4) is 0 Å². The molecule has 0 atom stereocenters.